The van der Waals surface area contributed by atoms with Crippen LogP contribution in [0.4, 0.5) is 4.39 Å². The summed E-state index contributed by atoms with van der Waals surface area (Å²) in [6.07, 6.45) is 3.07. The predicted molar refractivity (Wildman–Crippen MR) is 129 cm³/mol. The minimum atomic E-state index is -3.49. The van der Waals surface area contributed by atoms with E-state index in [2.05, 4.69) is 4.98 Å². The van der Waals surface area contributed by atoms with E-state index in [0.717, 1.165) is 6.20 Å². The second-order valence-electron chi connectivity index (χ2n) is 6.96. The van der Waals surface area contributed by atoms with Crippen LogP contribution in [0.1, 0.15) is 13.3 Å². The molecule has 0 aliphatic carbocycles. The maximum Gasteiger partial charge on any atom is 0.240 e. The number of rotatable bonds is 4. The second kappa shape index (κ2) is 12.3. The number of hydrogen-bond acceptors (Lipinski definition) is 7. The highest BCUT2D eigenvalue weighted by Crippen LogP contribution is 2.55. The summed E-state index contributed by atoms with van der Waals surface area (Å²) in [5, 5.41) is 0.637. The van der Waals surface area contributed by atoms with Gasteiger partial charge in [-0.25, -0.2) is 4.39 Å². The van der Waals surface area contributed by atoms with Crippen LogP contribution in [0.25, 0.3) is 10.8 Å². The Hall–Kier alpha value is -0.950. The molecular formula is C18H29Cl3FN5O3S. The number of pyridine rings is 1. The monoisotopic (exact) mass is 519 g/mol. The molecule has 0 bridgehead atoms. The minimum absolute atomic E-state index is 0. The molecule has 8 nitrogen and oxygen atoms in total. The highest BCUT2D eigenvalue weighted by atomic mass is 35.5. The number of aromatic nitrogens is 1. The molecule has 2 atom stereocenters. The van der Waals surface area contributed by atoms with Crippen LogP contribution in [0.2, 0.25) is 0 Å². The summed E-state index contributed by atoms with van der Waals surface area (Å²) >= 11 is 0. The molecule has 1 amide bonds. The highest BCUT2D eigenvalue weighted by Gasteiger charge is 2.35. The van der Waals surface area contributed by atoms with Gasteiger partial charge in [0.2, 0.25) is 5.91 Å². The molecule has 13 heteroatoms. The van der Waals surface area contributed by atoms with Gasteiger partial charge in [0.1, 0.15) is 0 Å². The van der Waals surface area contributed by atoms with Crippen molar-refractivity contribution in [2.24, 2.45) is 11.5 Å². The van der Waals surface area contributed by atoms with Crippen LogP contribution >= 0.6 is 48.0 Å². The predicted octanol–water partition coefficient (Wildman–Crippen LogP) is 2.87. The highest BCUT2D eigenvalue weighted by molar-refractivity contribution is 8.22. The van der Waals surface area contributed by atoms with Gasteiger partial charge in [0.05, 0.1) is 17.1 Å². The summed E-state index contributed by atoms with van der Waals surface area (Å²) in [7, 11) is -3.49. The first-order valence-corrected chi connectivity index (χ1v) is 10.6. The number of fused-ring (bicyclic) bond motifs is 1. The van der Waals surface area contributed by atoms with E-state index in [1.54, 1.807) is 28.3 Å². The standard InChI is InChI=1S/C18H26FN5O3S.3ClH/c1-12-11-23(18(25)15(21)8-20)6-3-7-24(12)28(26,27)16-5-2-4-13-9-22-10-14(19)17(13)16;;;/h2,4-5,9-10,12,15,26-27H,3,6-8,11,20-21H2,1H3;3*1H/t12-,15-;;;/m0.../s1. The first-order valence-electron chi connectivity index (χ1n) is 9.09. The fourth-order valence-electron chi connectivity index (χ4n) is 3.57. The SMILES string of the molecule is C[C@H]1CN(C(=O)[C@@H](N)CN)CCCN1S(O)(O)c1cccc2cncc(F)c12.Cl.Cl.Cl. The lowest BCUT2D eigenvalue weighted by Gasteiger charge is -2.46. The van der Waals surface area contributed by atoms with E-state index >= 15 is 0 Å². The first-order chi connectivity index (χ1) is 13.3. The van der Waals surface area contributed by atoms with Gasteiger partial charge in [-0.05, 0) is 19.4 Å². The number of carbonyl (C=O) groups excluding carboxylic acids is 1. The number of hydrogen-bond donors (Lipinski definition) is 4. The lowest BCUT2D eigenvalue weighted by atomic mass is 10.2. The zero-order valence-electron chi connectivity index (χ0n) is 16.9. The van der Waals surface area contributed by atoms with Crippen LogP contribution in [-0.2, 0) is 4.79 Å². The van der Waals surface area contributed by atoms with Gasteiger partial charge in [0, 0.05) is 49.2 Å². The topological polar surface area (TPSA) is 129 Å². The average Bonchev–Trinajstić information content (AvgIpc) is 2.88. The molecule has 1 saturated heterocycles. The fraction of sp³-hybridized carbons (Fsp3) is 0.444. The second-order valence-corrected chi connectivity index (χ2v) is 8.91. The Morgan fingerprint density at radius 1 is 1.29 bits per heavy atom. The van der Waals surface area contributed by atoms with Gasteiger partial charge in [-0.3, -0.25) is 18.9 Å². The van der Waals surface area contributed by atoms with E-state index in [1.165, 1.54) is 12.3 Å². The third-order valence-corrected chi connectivity index (χ3v) is 7.11. The summed E-state index contributed by atoms with van der Waals surface area (Å²) < 4.78 is 38.3. The van der Waals surface area contributed by atoms with Crippen molar-refractivity contribution in [2.45, 2.75) is 30.3 Å². The Morgan fingerprint density at radius 2 is 1.97 bits per heavy atom. The molecular weight excluding hydrogens is 492 g/mol. The molecule has 1 fully saturated rings. The molecule has 0 unspecified atom stereocenters. The summed E-state index contributed by atoms with van der Waals surface area (Å²) in [4.78, 5) is 17.9. The van der Waals surface area contributed by atoms with Crippen LogP contribution in [-0.4, -0.2) is 67.5 Å². The van der Waals surface area contributed by atoms with Gasteiger partial charge in [-0.1, -0.05) is 12.1 Å². The van der Waals surface area contributed by atoms with Crippen molar-refractivity contribution < 1.29 is 18.3 Å². The van der Waals surface area contributed by atoms with Gasteiger partial charge in [0.15, 0.2) is 5.82 Å². The Balaban J connectivity index is 0.00000300. The van der Waals surface area contributed by atoms with Crippen molar-refractivity contribution >= 4 is 64.7 Å². The molecule has 3 rings (SSSR count). The lowest BCUT2D eigenvalue weighted by molar-refractivity contribution is -0.132. The molecule has 0 radical (unpaired) electrons. The van der Waals surface area contributed by atoms with Crippen molar-refractivity contribution in [1.29, 1.82) is 0 Å². The van der Waals surface area contributed by atoms with Gasteiger partial charge in [-0.15, -0.1) is 48.0 Å². The third kappa shape index (κ3) is 6.10. The molecule has 1 aromatic carbocycles. The van der Waals surface area contributed by atoms with Crippen molar-refractivity contribution in [3.05, 3.63) is 36.4 Å². The molecule has 1 aliphatic rings. The third-order valence-electron chi connectivity index (χ3n) is 4.99. The van der Waals surface area contributed by atoms with E-state index < -0.39 is 22.6 Å². The molecule has 2 heterocycles. The average molecular weight is 521 g/mol. The van der Waals surface area contributed by atoms with Crippen molar-refractivity contribution in [3.63, 3.8) is 0 Å². The molecule has 2 aromatic rings. The summed E-state index contributed by atoms with van der Waals surface area (Å²) in [5.41, 5.74) is 11.3. The molecule has 31 heavy (non-hydrogen) atoms. The maximum atomic E-state index is 14.4. The number of carbonyl (C=O) groups is 1. The summed E-state index contributed by atoms with van der Waals surface area (Å²) in [6.45, 7) is 2.91. The van der Waals surface area contributed by atoms with E-state index in [4.69, 9.17) is 11.5 Å². The van der Waals surface area contributed by atoms with Crippen LogP contribution < -0.4 is 11.5 Å². The Labute approximate surface area is 201 Å². The molecule has 6 N–H and O–H groups in total. The van der Waals surface area contributed by atoms with E-state index in [1.807, 2.05) is 0 Å². The smallest absolute Gasteiger partial charge is 0.240 e. The summed E-state index contributed by atoms with van der Waals surface area (Å²) in [6, 6.07) is 3.68. The van der Waals surface area contributed by atoms with Crippen LogP contribution in [0.5, 0.6) is 0 Å². The van der Waals surface area contributed by atoms with Crippen LogP contribution in [0.15, 0.2) is 35.5 Å². The zero-order chi connectivity index (χ0) is 20.5. The van der Waals surface area contributed by atoms with Gasteiger partial charge < -0.3 is 16.4 Å². The molecule has 0 saturated carbocycles. The lowest BCUT2D eigenvalue weighted by Crippen LogP contribution is -2.50. The number of nitrogens with zero attached hydrogens (tertiary/aromatic N) is 3. The van der Waals surface area contributed by atoms with E-state index in [0.29, 0.717) is 24.9 Å². The van der Waals surface area contributed by atoms with Crippen LogP contribution in [0.3, 0.4) is 0 Å². The van der Waals surface area contributed by atoms with Gasteiger partial charge in [0.25, 0.3) is 0 Å². The molecule has 1 aliphatic heterocycles. The Kier molecular flexibility index (Phi) is 12.0. The molecule has 178 valence electrons. The first kappa shape index (κ1) is 30.0. The van der Waals surface area contributed by atoms with Crippen molar-refractivity contribution in [3.8, 4) is 0 Å². The molecule has 0 spiro atoms. The fourth-order valence-corrected chi connectivity index (χ4v) is 5.52. The molecule has 1 aromatic heterocycles. The van der Waals surface area contributed by atoms with Crippen molar-refractivity contribution in [1.82, 2.24) is 14.2 Å². The number of benzene rings is 1. The van der Waals surface area contributed by atoms with Gasteiger partial charge >= 0.3 is 0 Å². The van der Waals surface area contributed by atoms with Crippen molar-refractivity contribution in [2.75, 3.05) is 26.2 Å². The quantitative estimate of drug-likeness (QED) is 0.488. The maximum absolute atomic E-state index is 14.4. The van der Waals surface area contributed by atoms with Gasteiger partial charge in [-0.2, -0.15) is 4.31 Å². The number of nitrogens with two attached hydrogens (primary N) is 2. The van der Waals surface area contributed by atoms with E-state index in [-0.39, 0.29) is 72.5 Å². The largest absolute Gasteiger partial charge is 0.340 e. The summed E-state index contributed by atoms with van der Waals surface area (Å²) in [5.74, 6) is -0.865. The number of amides is 1. The Bertz CT molecular complexity index is 877. The number of halogens is 4. The zero-order valence-corrected chi connectivity index (χ0v) is 20.2. The van der Waals surface area contributed by atoms with E-state index in [9.17, 15) is 18.3 Å². The normalized spacial score (nSPS) is 18.8. The van der Waals surface area contributed by atoms with Crippen LogP contribution in [0, 0.1) is 5.82 Å². The minimum Gasteiger partial charge on any atom is -0.340 e. The Morgan fingerprint density at radius 3 is 2.61 bits per heavy atom.